The number of aromatic nitrogens is 2. The first kappa shape index (κ1) is 17.7. The molecule has 2 aromatic carbocycles. The van der Waals surface area contributed by atoms with Gasteiger partial charge in [-0.05, 0) is 55.3 Å². The third-order valence-electron chi connectivity index (χ3n) is 5.07. The highest BCUT2D eigenvalue weighted by molar-refractivity contribution is 7.89. The maximum atomic E-state index is 11.5. The normalized spacial score (nSPS) is 15.4. The molecule has 0 radical (unpaired) electrons. The van der Waals surface area contributed by atoms with E-state index in [0.717, 1.165) is 36.8 Å². The zero-order valence-electron chi connectivity index (χ0n) is 14.5. The van der Waals surface area contributed by atoms with Crippen molar-refractivity contribution in [1.29, 1.82) is 0 Å². The lowest BCUT2D eigenvalue weighted by atomic mass is 10.1. The van der Waals surface area contributed by atoms with Gasteiger partial charge in [-0.3, -0.25) is 0 Å². The van der Waals surface area contributed by atoms with E-state index in [0.29, 0.717) is 17.4 Å². The highest BCUT2D eigenvalue weighted by Gasteiger charge is 2.24. The molecular weight excluding hydrogens is 366 g/mol. The molecule has 1 fully saturated rings. The van der Waals surface area contributed by atoms with Crippen LogP contribution >= 0.6 is 0 Å². The minimum Gasteiger partial charge on any atom is -0.478 e. The van der Waals surface area contributed by atoms with Crippen LogP contribution in [-0.4, -0.2) is 29.0 Å². The fourth-order valence-electron chi connectivity index (χ4n) is 3.76. The largest absolute Gasteiger partial charge is 0.478 e. The van der Waals surface area contributed by atoms with Crippen LogP contribution in [0.15, 0.2) is 47.4 Å². The first-order valence-electron chi connectivity index (χ1n) is 8.73. The summed E-state index contributed by atoms with van der Waals surface area (Å²) in [6.07, 6.45) is 4.35. The molecule has 27 heavy (non-hydrogen) atoms. The smallest absolute Gasteiger partial charge is 0.335 e. The number of carboxylic acids is 1. The van der Waals surface area contributed by atoms with Gasteiger partial charge in [0, 0.05) is 11.6 Å². The van der Waals surface area contributed by atoms with E-state index < -0.39 is 16.0 Å². The Morgan fingerprint density at radius 3 is 2.37 bits per heavy atom. The van der Waals surface area contributed by atoms with Crippen LogP contribution in [0.25, 0.3) is 22.4 Å². The van der Waals surface area contributed by atoms with Crippen LogP contribution in [0.2, 0.25) is 0 Å². The first-order chi connectivity index (χ1) is 12.8. The number of carboxylic acid groups (broad SMARTS) is 1. The third kappa shape index (κ3) is 3.22. The fraction of sp³-hybridized carbons (Fsp3) is 0.263. The predicted molar refractivity (Wildman–Crippen MR) is 101 cm³/mol. The molecule has 0 bridgehead atoms. The highest BCUT2D eigenvalue weighted by atomic mass is 32.2. The maximum Gasteiger partial charge on any atom is 0.335 e. The van der Waals surface area contributed by atoms with Gasteiger partial charge in [0.2, 0.25) is 10.0 Å². The first-order valence-corrected chi connectivity index (χ1v) is 10.3. The van der Waals surface area contributed by atoms with Gasteiger partial charge in [-0.15, -0.1) is 0 Å². The average molecular weight is 385 g/mol. The Bertz CT molecular complexity index is 1130. The summed E-state index contributed by atoms with van der Waals surface area (Å²) >= 11 is 0. The molecule has 0 saturated heterocycles. The lowest BCUT2D eigenvalue weighted by Crippen LogP contribution is -2.12. The molecule has 4 rings (SSSR count). The monoisotopic (exact) mass is 385 g/mol. The standard InChI is InChI=1S/C19H19N3O4S/c20-27(25,26)15-8-5-12(6-9-15)18-21-16-11-13(19(23)24)7-10-17(16)22(18)14-3-1-2-4-14/h5-11,14H,1-4H2,(H,23,24)(H2,20,25,26). The van der Waals surface area contributed by atoms with Crippen LogP contribution in [0.1, 0.15) is 42.1 Å². The molecule has 0 atom stereocenters. The number of carbonyl (C=O) groups is 1. The molecule has 3 N–H and O–H groups in total. The molecule has 1 heterocycles. The number of hydrogen-bond acceptors (Lipinski definition) is 4. The minimum absolute atomic E-state index is 0.0444. The molecule has 1 aliphatic carbocycles. The number of primary sulfonamides is 1. The number of hydrogen-bond donors (Lipinski definition) is 2. The second-order valence-corrected chi connectivity index (χ2v) is 8.38. The maximum absolute atomic E-state index is 11.5. The summed E-state index contributed by atoms with van der Waals surface area (Å²) in [5.41, 5.74) is 2.46. The van der Waals surface area contributed by atoms with Gasteiger partial charge < -0.3 is 9.67 Å². The van der Waals surface area contributed by atoms with Gasteiger partial charge in [-0.1, -0.05) is 12.8 Å². The van der Waals surface area contributed by atoms with Crippen molar-refractivity contribution in [3.63, 3.8) is 0 Å². The molecule has 3 aromatic rings. The van der Waals surface area contributed by atoms with Gasteiger partial charge in [0.25, 0.3) is 0 Å². The highest BCUT2D eigenvalue weighted by Crippen LogP contribution is 2.37. The second-order valence-electron chi connectivity index (χ2n) is 6.82. The quantitative estimate of drug-likeness (QED) is 0.716. The molecule has 8 heteroatoms. The molecule has 1 saturated carbocycles. The van der Waals surface area contributed by atoms with Crippen LogP contribution < -0.4 is 5.14 Å². The molecule has 0 aliphatic heterocycles. The average Bonchev–Trinajstić information content (AvgIpc) is 3.27. The van der Waals surface area contributed by atoms with Crippen molar-refractivity contribution in [1.82, 2.24) is 9.55 Å². The van der Waals surface area contributed by atoms with Gasteiger partial charge in [-0.2, -0.15) is 0 Å². The van der Waals surface area contributed by atoms with Crippen LogP contribution in [0.3, 0.4) is 0 Å². The zero-order chi connectivity index (χ0) is 19.2. The molecule has 1 aromatic heterocycles. The van der Waals surface area contributed by atoms with E-state index in [1.165, 1.54) is 12.1 Å². The van der Waals surface area contributed by atoms with Crippen LogP contribution in [0.4, 0.5) is 0 Å². The SMILES string of the molecule is NS(=O)(=O)c1ccc(-c2nc3cc(C(=O)O)ccc3n2C2CCCC2)cc1. The van der Waals surface area contributed by atoms with Crippen LogP contribution in [0.5, 0.6) is 0 Å². The molecule has 140 valence electrons. The van der Waals surface area contributed by atoms with Gasteiger partial charge in [0.15, 0.2) is 0 Å². The van der Waals surface area contributed by atoms with Crippen molar-refractivity contribution in [3.8, 4) is 11.4 Å². The van der Waals surface area contributed by atoms with Crippen LogP contribution in [0, 0.1) is 0 Å². The molecule has 0 amide bonds. The van der Waals surface area contributed by atoms with E-state index in [-0.39, 0.29) is 10.5 Å². The number of nitrogens with two attached hydrogens (primary N) is 1. The topological polar surface area (TPSA) is 115 Å². The number of rotatable bonds is 4. The lowest BCUT2D eigenvalue weighted by molar-refractivity contribution is 0.0697. The van der Waals surface area contributed by atoms with E-state index in [9.17, 15) is 18.3 Å². The number of fused-ring (bicyclic) bond motifs is 1. The number of benzene rings is 2. The van der Waals surface area contributed by atoms with Crippen molar-refractivity contribution in [2.45, 2.75) is 36.6 Å². The lowest BCUT2D eigenvalue weighted by Gasteiger charge is -2.16. The van der Waals surface area contributed by atoms with Gasteiger partial charge >= 0.3 is 5.97 Å². The summed E-state index contributed by atoms with van der Waals surface area (Å²) in [6.45, 7) is 0. The van der Waals surface area contributed by atoms with E-state index >= 15 is 0 Å². The fourth-order valence-corrected chi connectivity index (χ4v) is 4.28. The molecule has 7 nitrogen and oxygen atoms in total. The second kappa shape index (κ2) is 6.47. The van der Waals surface area contributed by atoms with Crippen molar-refractivity contribution in [2.75, 3.05) is 0 Å². The Kier molecular flexibility index (Phi) is 4.24. The number of aromatic carboxylic acids is 1. The number of imidazole rings is 1. The molecule has 0 spiro atoms. The summed E-state index contributed by atoms with van der Waals surface area (Å²) in [4.78, 5) is 16.0. The Balaban J connectivity index is 1.90. The Morgan fingerprint density at radius 2 is 1.78 bits per heavy atom. The zero-order valence-corrected chi connectivity index (χ0v) is 15.3. The Hall–Kier alpha value is -2.71. The van der Waals surface area contributed by atoms with Gasteiger partial charge in [0.05, 0.1) is 21.5 Å². The molecule has 0 unspecified atom stereocenters. The summed E-state index contributed by atoms with van der Waals surface area (Å²) in [7, 11) is -3.76. The molecular formula is C19H19N3O4S. The third-order valence-corrected chi connectivity index (χ3v) is 6.00. The van der Waals surface area contributed by atoms with Gasteiger partial charge in [0.1, 0.15) is 5.82 Å². The van der Waals surface area contributed by atoms with Crippen molar-refractivity contribution in [2.24, 2.45) is 5.14 Å². The Morgan fingerprint density at radius 1 is 1.11 bits per heavy atom. The summed E-state index contributed by atoms with van der Waals surface area (Å²) in [5, 5.41) is 14.4. The minimum atomic E-state index is -3.76. The molecule has 1 aliphatic rings. The van der Waals surface area contributed by atoms with E-state index in [4.69, 9.17) is 5.14 Å². The van der Waals surface area contributed by atoms with Gasteiger partial charge in [-0.25, -0.2) is 23.3 Å². The summed E-state index contributed by atoms with van der Waals surface area (Å²) < 4.78 is 25.2. The summed E-state index contributed by atoms with van der Waals surface area (Å²) in [6, 6.07) is 11.5. The van der Waals surface area contributed by atoms with E-state index in [2.05, 4.69) is 9.55 Å². The van der Waals surface area contributed by atoms with E-state index in [1.807, 2.05) is 0 Å². The van der Waals surface area contributed by atoms with Crippen LogP contribution in [-0.2, 0) is 10.0 Å². The van der Waals surface area contributed by atoms with Crippen molar-refractivity contribution >= 4 is 27.0 Å². The number of sulfonamides is 1. The summed E-state index contributed by atoms with van der Waals surface area (Å²) in [5.74, 6) is -0.285. The van der Waals surface area contributed by atoms with Crippen molar-refractivity contribution in [3.05, 3.63) is 48.0 Å². The number of nitrogens with zero attached hydrogens (tertiary/aromatic N) is 2. The predicted octanol–water partition coefficient (Wildman–Crippen LogP) is 3.16. The Labute approximate surface area is 156 Å². The van der Waals surface area contributed by atoms with E-state index in [1.54, 1.807) is 30.3 Å². The van der Waals surface area contributed by atoms with Crippen molar-refractivity contribution < 1.29 is 18.3 Å².